The third-order valence-electron chi connectivity index (χ3n) is 5.02. The zero-order valence-corrected chi connectivity index (χ0v) is 18.3. The van der Waals surface area contributed by atoms with Crippen LogP contribution < -0.4 is 10.4 Å². The molecule has 2 heterocycles. The molecule has 0 N–H and O–H groups in total. The van der Waals surface area contributed by atoms with Gasteiger partial charge in [-0.15, -0.1) is 0 Å². The lowest BCUT2D eigenvalue weighted by Gasteiger charge is -2.25. The number of rotatable bonds is 5. The normalized spacial score (nSPS) is 14.3. The van der Waals surface area contributed by atoms with Gasteiger partial charge in [0.1, 0.15) is 11.6 Å². The van der Waals surface area contributed by atoms with E-state index in [0.717, 1.165) is 4.90 Å². The summed E-state index contributed by atoms with van der Waals surface area (Å²) in [7, 11) is 0. The highest BCUT2D eigenvalue weighted by atomic mass is 79.9. The summed E-state index contributed by atoms with van der Waals surface area (Å²) in [5, 5.41) is 0.547. The Bertz CT molecular complexity index is 1240. The molecule has 31 heavy (non-hydrogen) atoms. The van der Waals surface area contributed by atoms with E-state index < -0.39 is 29.5 Å². The van der Waals surface area contributed by atoms with Crippen molar-refractivity contribution < 1.29 is 23.5 Å². The fraction of sp³-hybridized carbons (Fsp3) is 0.217. The summed E-state index contributed by atoms with van der Waals surface area (Å²) in [4.78, 5) is 52.3. The molecule has 3 aromatic rings. The van der Waals surface area contributed by atoms with Crippen LogP contribution in [0.3, 0.4) is 0 Å². The predicted molar refractivity (Wildman–Crippen MR) is 116 cm³/mol. The minimum absolute atomic E-state index is 0.0293. The Morgan fingerprint density at radius 2 is 1.58 bits per heavy atom. The number of imide groups is 1. The number of carbonyl (C=O) groups excluding carboxylic acids is 3. The lowest BCUT2D eigenvalue weighted by Crippen LogP contribution is -2.47. The van der Waals surface area contributed by atoms with Crippen molar-refractivity contribution in [2.45, 2.75) is 26.3 Å². The summed E-state index contributed by atoms with van der Waals surface area (Å²) in [6.45, 7) is 3.72. The highest BCUT2D eigenvalue weighted by Crippen LogP contribution is 2.32. The average Bonchev–Trinajstić information content (AvgIpc) is 2.99. The second kappa shape index (κ2) is 8.11. The highest BCUT2D eigenvalue weighted by molar-refractivity contribution is 9.10. The van der Waals surface area contributed by atoms with Gasteiger partial charge in [0.05, 0.1) is 15.6 Å². The molecule has 8 heteroatoms. The van der Waals surface area contributed by atoms with Gasteiger partial charge in [-0.2, -0.15) is 0 Å². The summed E-state index contributed by atoms with van der Waals surface area (Å²) < 4.78 is 10.9. The van der Waals surface area contributed by atoms with Gasteiger partial charge in [-0.25, -0.2) is 9.59 Å². The standard InChI is InChI=1S/C23H18BrNO6/c1-12(2)11-16(25-20(26)13-7-3-4-8-14(13)21(25)27)22(28)31-19-18(24)15-9-5-6-10-17(15)30-23(19)29/h3-10,12,16H,11H2,1-2H3/t16-/m0/s1. The summed E-state index contributed by atoms with van der Waals surface area (Å²) in [5.74, 6) is -2.36. The molecule has 0 fully saturated rings. The molecule has 2 aromatic carbocycles. The molecule has 0 radical (unpaired) electrons. The largest absolute Gasteiger partial charge is 0.420 e. The second-order valence-corrected chi connectivity index (χ2v) is 8.41. The Balaban J connectivity index is 1.71. The van der Waals surface area contributed by atoms with Crippen LogP contribution in [0.15, 0.2) is 62.2 Å². The first-order valence-electron chi connectivity index (χ1n) is 9.69. The number of halogens is 1. The van der Waals surface area contributed by atoms with Crippen molar-refractivity contribution in [1.29, 1.82) is 0 Å². The van der Waals surface area contributed by atoms with Gasteiger partial charge in [-0.3, -0.25) is 14.5 Å². The Morgan fingerprint density at radius 1 is 1.00 bits per heavy atom. The van der Waals surface area contributed by atoms with E-state index in [1.54, 1.807) is 48.5 Å². The van der Waals surface area contributed by atoms with Crippen molar-refractivity contribution in [2.24, 2.45) is 5.92 Å². The molecule has 1 atom stereocenters. The first-order valence-corrected chi connectivity index (χ1v) is 10.5. The van der Waals surface area contributed by atoms with E-state index in [0.29, 0.717) is 11.0 Å². The Labute approximate surface area is 185 Å². The number of amides is 2. The van der Waals surface area contributed by atoms with Gasteiger partial charge in [-0.1, -0.05) is 38.1 Å². The van der Waals surface area contributed by atoms with Crippen LogP contribution in [0.25, 0.3) is 11.0 Å². The van der Waals surface area contributed by atoms with E-state index in [-0.39, 0.29) is 33.7 Å². The quantitative estimate of drug-likeness (QED) is 0.307. The molecule has 158 valence electrons. The molecule has 1 aliphatic rings. The van der Waals surface area contributed by atoms with Crippen LogP contribution >= 0.6 is 15.9 Å². The van der Waals surface area contributed by atoms with Crippen LogP contribution in [-0.4, -0.2) is 28.7 Å². The zero-order valence-electron chi connectivity index (χ0n) is 16.8. The lowest BCUT2D eigenvalue weighted by molar-refractivity contribution is -0.139. The lowest BCUT2D eigenvalue weighted by atomic mass is 10.0. The molecule has 0 unspecified atom stereocenters. The van der Waals surface area contributed by atoms with Crippen molar-refractivity contribution in [3.8, 4) is 5.75 Å². The topological polar surface area (TPSA) is 93.9 Å². The number of fused-ring (bicyclic) bond motifs is 2. The summed E-state index contributed by atoms with van der Waals surface area (Å²) >= 11 is 3.31. The maximum atomic E-state index is 13.1. The Hall–Kier alpha value is -3.26. The minimum Gasteiger partial charge on any atom is -0.420 e. The van der Waals surface area contributed by atoms with Crippen LogP contribution in [0.5, 0.6) is 5.75 Å². The molecule has 7 nitrogen and oxygen atoms in total. The van der Waals surface area contributed by atoms with Crippen molar-refractivity contribution in [2.75, 3.05) is 0 Å². The minimum atomic E-state index is -1.19. The van der Waals surface area contributed by atoms with E-state index in [9.17, 15) is 19.2 Å². The number of hydrogen-bond donors (Lipinski definition) is 0. The zero-order chi connectivity index (χ0) is 22.3. The molecule has 0 aliphatic carbocycles. The summed E-state index contributed by atoms with van der Waals surface area (Å²) in [5.41, 5.74) is -0.0382. The van der Waals surface area contributed by atoms with E-state index in [1.165, 1.54) is 0 Å². The predicted octanol–water partition coefficient (Wildman–Crippen LogP) is 4.17. The average molecular weight is 484 g/mol. The number of benzene rings is 2. The third kappa shape index (κ3) is 3.67. The third-order valence-corrected chi connectivity index (χ3v) is 5.80. The van der Waals surface area contributed by atoms with Crippen LogP contribution in [-0.2, 0) is 4.79 Å². The Kier molecular flexibility index (Phi) is 5.49. The van der Waals surface area contributed by atoms with Gasteiger partial charge in [0.25, 0.3) is 11.8 Å². The number of para-hydroxylation sites is 1. The molecule has 4 rings (SSSR count). The smallest absolute Gasteiger partial charge is 0.381 e. The van der Waals surface area contributed by atoms with E-state index in [2.05, 4.69) is 15.9 Å². The number of hydrogen-bond acceptors (Lipinski definition) is 6. The fourth-order valence-corrected chi connectivity index (χ4v) is 4.17. The van der Waals surface area contributed by atoms with E-state index in [1.807, 2.05) is 13.8 Å². The Morgan fingerprint density at radius 3 is 2.19 bits per heavy atom. The van der Waals surface area contributed by atoms with E-state index in [4.69, 9.17) is 9.15 Å². The molecule has 0 bridgehead atoms. The van der Waals surface area contributed by atoms with Gasteiger partial charge in [-0.05, 0) is 52.5 Å². The summed E-state index contributed by atoms with van der Waals surface area (Å²) in [6, 6.07) is 12.0. The van der Waals surface area contributed by atoms with Gasteiger partial charge in [0.2, 0.25) is 5.75 Å². The number of nitrogens with zero attached hydrogens (tertiary/aromatic N) is 1. The molecule has 1 aromatic heterocycles. The van der Waals surface area contributed by atoms with Gasteiger partial charge in [0.15, 0.2) is 0 Å². The molecular weight excluding hydrogens is 466 g/mol. The second-order valence-electron chi connectivity index (χ2n) is 7.62. The highest BCUT2D eigenvalue weighted by Gasteiger charge is 2.44. The maximum absolute atomic E-state index is 13.1. The van der Waals surface area contributed by atoms with Crippen LogP contribution in [0.2, 0.25) is 0 Å². The molecule has 2 amide bonds. The molecule has 1 aliphatic heterocycles. The van der Waals surface area contributed by atoms with Crippen molar-refractivity contribution >= 4 is 44.7 Å². The first-order chi connectivity index (χ1) is 14.8. The first kappa shape index (κ1) is 21.0. The fourth-order valence-electron chi connectivity index (χ4n) is 3.59. The summed E-state index contributed by atoms with van der Waals surface area (Å²) in [6.07, 6.45) is 0.181. The molecular formula is C23H18BrNO6. The van der Waals surface area contributed by atoms with Gasteiger partial charge in [0, 0.05) is 5.39 Å². The van der Waals surface area contributed by atoms with Crippen molar-refractivity contribution in [1.82, 2.24) is 4.90 Å². The molecule has 0 spiro atoms. The van der Waals surface area contributed by atoms with E-state index >= 15 is 0 Å². The van der Waals surface area contributed by atoms with Crippen LogP contribution in [0.4, 0.5) is 0 Å². The maximum Gasteiger partial charge on any atom is 0.381 e. The number of carbonyl (C=O) groups is 3. The van der Waals surface area contributed by atoms with Gasteiger partial charge < -0.3 is 9.15 Å². The van der Waals surface area contributed by atoms with Crippen molar-refractivity contribution in [3.05, 3.63) is 74.6 Å². The SMILES string of the molecule is CC(C)C[C@@H](C(=O)Oc1c(Br)c2ccccc2oc1=O)N1C(=O)c2ccccc2C1=O. The monoisotopic (exact) mass is 483 g/mol. The number of esters is 1. The van der Waals surface area contributed by atoms with Crippen LogP contribution in [0.1, 0.15) is 41.0 Å². The van der Waals surface area contributed by atoms with Crippen LogP contribution in [0, 0.1) is 5.92 Å². The van der Waals surface area contributed by atoms with Crippen molar-refractivity contribution in [3.63, 3.8) is 0 Å². The number of ether oxygens (including phenoxy) is 1. The molecule has 0 saturated carbocycles. The molecule has 0 saturated heterocycles. The van der Waals surface area contributed by atoms with Gasteiger partial charge >= 0.3 is 11.6 Å².